The van der Waals surface area contributed by atoms with Gasteiger partial charge in [-0.2, -0.15) is 13.2 Å². The summed E-state index contributed by atoms with van der Waals surface area (Å²) in [5.74, 6) is -1.03. The third-order valence-electron chi connectivity index (χ3n) is 4.00. The minimum atomic E-state index is -4.66. The van der Waals surface area contributed by atoms with Gasteiger partial charge in [-0.3, -0.25) is 4.90 Å². The zero-order valence-electron chi connectivity index (χ0n) is 12.9. The first kappa shape index (κ1) is 21.4. The Balaban J connectivity index is 0.00000288. The molecule has 1 aliphatic heterocycles. The van der Waals surface area contributed by atoms with Crippen molar-refractivity contribution in [2.75, 3.05) is 32.8 Å². The van der Waals surface area contributed by atoms with Gasteiger partial charge in [-0.1, -0.05) is 11.6 Å². The Hall–Kier alpha value is -0.600. The summed E-state index contributed by atoms with van der Waals surface area (Å²) in [6.45, 7) is 2.11. The van der Waals surface area contributed by atoms with Gasteiger partial charge in [0.05, 0.1) is 10.6 Å². The third kappa shape index (κ3) is 4.95. The van der Waals surface area contributed by atoms with Gasteiger partial charge in [-0.25, -0.2) is 4.39 Å². The number of piperazine rings is 1. The molecule has 0 unspecified atom stereocenters. The van der Waals surface area contributed by atoms with Gasteiger partial charge in [0.15, 0.2) is 0 Å². The van der Waals surface area contributed by atoms with E-state index >= 15 is 0 Å². The van der Waals surface area contributed by atoms with Crippen molar-refractivity contribution >= 4 is 24.0 Å². The van der Waals surface area contributed by atoms with Crippen LogP contribution in [0.4, 0.5) is 17.6 Å². The SMILES string of the molecule is Cl.OCCC[C@H](c1c(C(F)(F)F)ccc(Cl)c1F)N1CCNCC1. The van der Waals surface area contributed by atoms with E-state index in [0.717, 1.165) is 12.1 Å². The fourth-order valence-corrected chi connectivity index (χ4v) is 3.09. The van der Waals surface area contributed by atoms with Gasteiger partial charge in [-0.15, -0.1) is 12.4 Å². The Morgan fingerprint density at radius 1 is 1.25 bits per heavy atom. The van der Waals surface area contributed by atoms with Crippen molar-refractivity contribution in [3.05, 3.63) is 34.1 Å². The lowest BCUT2D eigenvalue weighted by Crippen LogP contribution is -2.45. The van der Waals surface area contributed by atoms with Crippen LogP contribution in [0.5, 0.6) is 0 Å². The summed E-state index contributed by atoms with van der Waals surface area (Å²) in [5.41, 5.74) is -1.42. The number of nitrogens with zero attached hydrogens (tertiary/aromatic N) is 1. The molecule has 1 fully saturated rings. The normalized spacial score (nSPS) is 17.4. The van der Waals surface area contributed by atoms with Crippen LogP contribution in [0.2, 0.25) is 5.02 Å². The molecule has 0 saturated carbocycles. The number of aliphatic hydroxyl groups excluding tert-OH is 1. The van der Waals surface area contributed by atoms with E-state index in [1.165, 1.54) is 0 Å². The molecule has 1 aliphatic rings. The molecule has 9 heteroatoms. The largest absolute Gasteiger partial charge is 0.416 e. The van der Waals surface area contributed by atoms with Crippen molar-refractivity contribution in [1.29, 1.82) is 0 Å². The van der Waals surface area contributed by atoms with Crippen molar-refractivity contribution < 1.29 is 22.7 Å². The maximum absolute atomic E-state index is 14.5. The quantitative estimate of drug-likeness (QED) is 0.753. The monoisotopic (exact) mass is 390 g/mol. The van der Waals surface area contributed by atoms with Crippen LogP contribution in [0.3, 0.4) is 0 Å². The van der Waals surface area contributed by atoms with Gasteiger partial charge in [0.1, 0.15) is 5.82 Å². The average molecular weight is 391 g/mol. The first-order valence-electron chi connectivity index (χ1n) is 7.47. The lowest BCUT2D eigenvalue weighted by molar-refractivity contribution is -0.139. The summed E-state index contributed by atoms with van der Waals surface area (Å²) in [7, 11) is 0. The van der Waals surface area contributed by atoms with E-state index < -0.39 is 29.2 Å². The standard InChI is InChI=1S/C15H19ClF4N2O.ClH/c16-11-4-3-10(15(18,19)20)13(14(11)17)12(2-1-9-23)22-7-5-21-6-8-22;/h3-4,12,21,23H,1-2,5-9H2;1H/t12-;/m1./s1. The number of halogens is 6. The van der Waals surface area contributed by atoms with E-state index in [0.29, 0.717) is 26.2 Å². The van der Waals surface area contributed by atoms with Gasteiger partial charge in [0, 0.05) is 44.4 Å². The fourth-order valence-electron chi connectivity index (χ4n) is 2.93. The van der Waals surface area contributed by atoms with E-state index in [-0.39, 0.29) is 36.9 Å². The molecule has 1 heterocycles. The smallest absolute Gasteiger partial charge is 0.396 e. The molecule has 0 spiro atoms. The van der Waals surface area contributed by atoms with Gasteiger partial charge in [0.2, 0.25) is 0 Å². The van der Waals surface area contributed by atoms with E-state index in [2.05, 4.69) is 5.32 Å². The van der Waals surface area contributed by atoms with Crippen LogP contribution >= 0.6 is 24.0 Å². The first-order chi connectivity index (χ1) is 10.9. The zero-order valence-corrected chi connectivity index (χ0v) is 14.4. The average Bonchev–Trinajstić information content (AvgIpc) is 2.51. The van der Waals surface area contributed by atoms with E-state index in [9.17, 15) is 17.6 Å². The Bertz CT molecular complexity index is 537. The minimum Gasteiger partial charge on any atom is -0.396 e. The topological polar surface area (TPSA) is 35.5 Å². The molecule has 3 nitrogen and oxygen atoms in total. The highest BCUT2D eigenvalue weighted by molar-refractivity contribution is 6.30. The number of benzene rings is 1. The summed E-state index contributed by atoms with van der Waals surface area (Å²) in [6.07, 6.45) is -4.14. The van der Waals surface area contributed by atoms with Gasteiger partial charge in [0.25, 0.3) is 0 Å². The summed E-state index contributed by atoms with van der Waals surface area (Å²) in [6, 6.07) is 0.999. The predicted octanol–water partition coefficient (Wildman–Crippen LogP) is 3.64. The van der Waals surface area contributed by atoms with Crippen LogP contribution in [0.15, 0.2) is 12.1 Å². The molecule has 0 bridgehead atoms. The molecule has 1 atom stereocenters. The van der Waals surface area contributed by atoms with Gasteiger partial charge >= 0.3 is 6.18 Å². The molecule has 1 aromatic rings. The van der Waals surface area contributed by atoms with Crippen molar-refractivity contribution in [3.8, 4) is 0 Å². The number of hydrogen-bond acceptors (Lipinski definition) is 3. The number of rotatable bonds is 5. The van der Waals surface area contributed by atoms with Gasteiger partial charge in [-0.05, 0) is 25.0 Å². The van der Waals surface area contributed by atoms with Crippen LogP contribution < -0.4 is 5.32 Å². The highest BCUT2D eigenvalue weighted by Gasteiger charge is 2.39. The number of nitrogens with one attached hydrogen (secondary N) is 1. The number of alkyl halides is 3. The molecule has 138 valence electrons. The molecule has 24 heavy (non-hydrogen) atoms. The van der Waals surface area contributed by atoms with Crippen molar-refractivity contribution in [1.82, 2.24) is 10.2 Å². The Morgan fingerprint density at radius 3 is 2.42 bits per heavy atom. The number of aliphatic hydroxyl groups is 1. The Kier molecular flexibility index (Phi) is 8.22. The van der Waals surface area contributed by atoms with Crippen molar-refractivity contribution in [2.24, 2.45) is 0 Å². The summed E-state index contributed by atoms with van der Waals surface area (Å²) >= 11 is 5.73. The van der Waals surface area contributed by atoms with Crippen molar-refractivity contribution in [2.45, 2.75) is 25.1 Å². The second kappa shape index (κ2) is 9.20. The number of hydrogen-bond donors (Lipinski definition) is 2. The van der Waals surface area contributed by atoms with Crippen LogP contribution in [0.25, 0.3) is 0 Å². The van der Waals surface area contributed by atoms with Gasteiger partial charge < -0.3 is 10.4 Å². The van der Waals surface area contributed by atoms with E-state index in [1.54, 1.807) is 0 Å². The first-order valence-corrected chi connectivity index (χ1v) is 7.84. The predicted molar refractivity (Wildman–Crippen MR) is 87.2 cm³/mol. The highest BCUT2D eigenvalue weighted by atomic mass is 35.5. The second-order valence-corrected chi connectivity index (χ2v) is 5.90. The molecule has 1 saturated heterocycles. The molecular weight excluding hydrogens is 371 g/mol. The van der Waals surface area contributed by atoms with E-state index in [1.807, 2.05) is 4.90 Å². The summed E-state index contributed by atoms with van der Waals surface area (Å²) in [5, 5.41) is 11.8. The Morgan fingerprint density at radius 2 is 1.88 bits per heavy atom. The van der Waals surface area contributed by atoms with Crippen LogP contribution in [-0.2, 0) is 6.18 Å². The molecule has 0 radical (unpaired) electrons. The van der Waals surface area contributed by atoms with Crippen LogP contribution in [0.1, 0.15) is 30.0 Å². The second-order valence-electron chi connectivity index (χ2n) is 5.49. The molecule has 2 N–H and O–H groups in total. The molecule has 0 aromatic heterocycles. The van der Waals surface area contributed by atoms with Crippen LogP contribution in [0, 0.1) is 5.82 Å². The lowest BCUT2D eigenvalue weighted by Gasteiger charge is -2.36. The summed E-state index contributed by atoms with van der Waals surface area (Å²) < 4.78 is 54.4. The zero-order chi connectivity index (χ0) is 17.0. The third-order valence-corrected chi connectivity index (χ3v) is 4.29. The highest BCUT2D eigenvalue weighted by Crippen LogP contribution is 2.41. The molecular formula is C15H20Cl2F4N2O. The van der Waals surface area contributed by atoms with Crippen molar-refractivity contribution in [3.63, 3.8) is 0 Å². The fraction of sp³-hybridized carbons (Fsp3) is 0.600. The Labute approximate surface area is 149 Å². The maximum atomic E-state index is 14.5. The molecule has 0 amide bonds. The molecule has 0 aliphatic carbocycles. The molecule has 2 rings (SSSR count). The minimum absolute atomic E-state index is 0. The summed E-state index contributed by atoms with van der Waals surface area (Å²) in [4.78, 5) is 1.82. The lowest BCUT2D eigenvalue weighted by atomic mass is 9.94. The van der Waals surface area contributed by atoms with Crippen LogP contribution in [-0.4, -0.2) is 42.8 Å². The molecule has 1 aromatic carbocycles. The van der Waals surface area contributed by atoms with E-state index in [4.69, 9.17) is 16.7 Å². The maximum Gasteiger partial charge on any atom is 0.416 e.